The van der Waals surface area contributed by atoms with Gasteiger partial charge < -0.3 is 19.9 Å². The lowest BCUT2D eigenvalue weighted by molar-refractivity contribution is 0.0952. The van der Waals surface area contributed by atoms with Crippen LogP contribution in [0.25, 0.3) is 10.9 Å². The summed E-state index contributed by atoms with van der Waals surface area (Å²) in [6, 6.07) is 24.0. The van der Waals surface area contributed by atoms with Crippen molar-refractivity contribution in [3.05, 3.63) is 95.7 Å². The highest BCUT2D eigenvalue weighted by atomic mass is 16.5. The monoisotopic (exact) mass is 413 g/mol. The maximum absolute atomic E-state index is 12.8. The van der Waals surface area contributed by atoms with E-state index in [1.165, 1.54) is 10.9 Å². The van der Waals surface area contributed by atoms with E-state index in [9.17, 15) is 4.79 Å². The topological polar surface area (TPSA) is 57.4 Å². The molecule has 0 aliphatic carbocycles. The summed E-state index contributed by atoms with van der Waals surface area (Å²) >= 11 is 0. The second-order valence-electron chi connectivity index (χ2n) is 7.77. The van der Waals surface area contributed by atoms with Crippen molar-refractivity contribution in [2.24, 2.45) is 0 Å². The molecular weight excluding hydrogens is 386 g/mol. The number of nitrogens with one attached hydrogen (secondary N) is 2. The first kappa shape index (κ1) is 20.5. The minimum absolute atomic E-state index is 0.0157. The van der Waals surface area contributed by atoms with Crippen LogP contribution in [0.2, 0.25) is 0 Å². The molecule has 3 aromatic carbocycles. The van der Waals surface area contributed by atoms with Gasteiger partial charge in [-0.3, -0.25) is 4.79 Å². The van der Waals surface area contributed by atoms with Crippen LogP contribution in [-0.4, -0.2) is 38.6 Å². The lowest BCUT2D eigenvalue weighted by Crippen LogP contribution is -2.29. The number of carbonyl (C=O) groups is 1. The zero-order chi connectivity index (χ0) is 21.8. The number of fused-ring (bicyclic) bond motifs is 1. The van der Waals surface area contributed by atoms with Gasteiger partial charge >= 0.3 is 0 Å². The van der Waals surface area contributed by atoms with Crippen molar-refractivity contribution in [1.29, 1.82) is 0 Å². The van der Waals surface area contributed by atoms with Gasteiger partial charge in [0.15, 0.2) is 0 Å². The summed E-state index contributed by atoms with van der Waals surface area (Å²) in [5.74, 6) is 0.565. The maximum atomic E-state index is 12.8. The number of rotatable bonds is 7. The molecular formula is C26H27N3O2. The Hall–Kier alpha value is -3.73. The van der Waals surface area contributed by atoms with Gasteiger partial charge in [-0.15, -0.1) is 0 Å². The third-order valence-electron chi connectivity index (χ3n) is 5.61. The first-order chi connectivity index (χ1) is 15.1. The molecule has 0 radical (unpaired) electrons. The van der Waals surface area contributed by atoms with Crippen LogP contribution in [0.3, 0.4) is 0 Å². The number of anilines is 1. The Morgan fingerprint density at radius 3 is 2.55 bits per heavy atom. The number of para-hydroxylation sites is 1. The fraction of sp³-hybridized carbons (Fsp3) is 0.192. The number of benzene rings is 3. The van der Waals surface area contributed by atoms with Crippen molar-refractivity contribution in [3.8, 4) is 5.75 Å². The average molecular weight is 414 g/mol. The zero-order valence-corrected chi connectivity index (χ0v) is 18.1. The van der Waals surface area contributed by atoms with Crippen LogP contribution in [0.15, 0.2) is 79.0 Å². The molecule has 31 heavy (non-hydrogen) atoms. The SMILES string of the molecule is COc1cccc(C(=O)NC[C@H](c2ccc(N(C)C)cc2)c2c[nH]c3ccccc23)c1. The summed E-state index contributed by atoms with van der Waals surface area (Å²) in [5.41, 5.74) is 5.13. The van der Waals surface area contributed by atoms with Crippen molar-refractivity contribution < 1.29 is 9.53 Å². The molecule has 2 N–H and O–H groups in total. The van der Waals surface area contributed by atoms with Gasteiger partial charge in [-0.2, -0.15) is 0 Å². The molecule has 0 fully saturated rings. The third kappa shape index (κ3) is 4.40. The average Bonchev–Trinajstić information content (AvgIpc) is 3.23. The van der Waals surface area contributed by atoms with Gasteiger partial charge in [0.25, 0.3) is 5.91 Å². The minimum Gasteiger partial charge on any atom is -0.497 e. The number of carbonyl (C=O) groups excluding carboxylic acids is 1. The summed E-state index contributed by atoms with van der Waals surface area (Å²) in [7, 11) is 5.66. The molecule has 0 aliphatic heterocycles. The Labute approximate surface area is 182 Å². The fourth-order valence-electron chi connectivity index (χ4n) is 3.86. The number of aromatic amines is 1. The maximum Gasteiger partial charge on any atom is 0.251 e. The molecule has 0 bridgehead atoms. The van der Waals surface area contributed by atoms with Crippen molar-refractivity contribution >= 4 is 22.5 Å². The predicted molar refractivity (Wildman–Crippen MR) is 126 cm³/mol. The van der Waals surface area contributed by atoms with Crippen molar-refractivity contribution in [3.63, 3.8) is 0 Å². The molecule has 5 heteroatoms. The number of ether oxygens (including phenoxy) is 1. The number of hydrogen-bond donors (Lipinski definition) is 2. The van der Waals surface area contributed by atoms with Crippen LogP contribution in [0.5, 0.6) is 5.75 Å². The molecule has 0 saturated carbocycles. The highest BCUT2D eigenvalue weighted by Gasteiger charge is 2.20. The molecule has 158 valence electrons. The molecule has 4 aromatic rings. The minimum atomic E-state index is -0.117. The van der Waals surface area contributed by atoms with Crippen LogP contribution in [0, 0.1) is 0 Å². The lowest BCUT2D eigenvalue weighted by atomic mass is 9.90. The van der Waals surface area contributed by atoms with Gasteiger partial charge in [0.1, 0.15) is 5.75 Å². The van der Waals surface area contributed by atoms with Gasteiger partial charge in [0.2, 0.25) is 0 Å². The van der Waals surface area contributed by atoms with Gasteiger partial charge in [0, 0.05) is 54.9 Å². The van der Waals surface area contributed by atoms with E-state index in [1.54, 1.807) is 19.2 Å². The summed E-state index contributed by atoms with van der Waals surface area (Å²) in [6.45, 7) is 0.485. The van der Waals surface area contributed by atoms with Gasteiger partial charge in [-0.05, 0) is 47.5 Å². The van der Waals surface area contributed by atoms with Crippen molar-refractivity contribution in [2.45, 2.75) is 5.92 Å². The number of H-pyrrole nitrogens is 1. The molecule has 5 nitrogen and oxygen atoms in total. The van der Waals surface area contributed by atoms with Gasteiger partial charge in [-0.25, -0.2) is 0 Å². The molecule has 4 rings (SSSR count). The molecule has 1 atom stereocenters. The largest absolute Gasteiger partial charge is 0.497 e. The Kier molecular flexibility index (Phi) is 5.94. The predicted octanol–water partition coefficient (Wildman–Crippen LogP) is 4.80. The van der Waals surface area contributed by atoms with E-state index in [2.05, 4.69) is 51.6 Å². The van der Waals surface area contributed by atoms with Crippen LogP contribution in [-0.2, 0) is 0 Å². The second-order valence-corrected chi connectivity index (χ2v) is 7.77. The van der Waals surface area contributed by atoms with Crippen LogP contribution < -0.4 is 15.0 Å². The number of methoxy groups -OCH3 is 1. The Morgan fingerprint density at radius 2 is 1.81 bits per heavy atom. The standard InChI is InChI=1S/C26H27N3O2/c1-29(2)20-13-11-18(12-14-20)23(24-17-27-25-10-5-4-9-22(24)25)16-28-26(30)19-7-6-8-21(15-19)31-3/h4-15,17,23,27H,16H2,1-3H3,(H,28,30)/t23-/m1/s1. The number of amides is 1. The molecule has 0 saturated heterocycles. The quantitative estimate of drug-likeness (QED) is 0.457. The van der Waals surface area contributed by atoms with E-state index in [4.69, 9.17) is 4.74 Å². The Morgan fingerprint density at radius 1 is 1.03 bits per heavy atom. The van der Waals surface area contributed by atoms with Gasteiger partial charge in [-0.1, -0.05) is 36.4 Å². The zero-order valence-electron chi connectivity index (χ0n) is 18.1. The molecule has 1 aromatic heterocycles. The third-order valence-corrected chi connectivity index (χ3v) is 5.61. The number of hydrogen-bond acceptors (Lipinski definition) is 3. The van der Waals surface area contributed by atoms with E-state index in [1.807, 2.05) is 44.6 Å². The van der Waals surface area contributed by atoms with E-state index >= 15 is 0 Å². The first-order valence-electron chi connectivity index (χ1n) is 10.3. The van der Waals surface area contributed by atoms with Crippen LogP contribution in [0.1, 0.15) is 27.4 Å². The molecule has 1 heterocycles. The fourth-order valence-corrected chi connectivity index (χ4v) is 3.86. The number of nitrogens with zero attached hydrogens (tertiary/aromatic N) is 1. The van der Waals surface area contributed by atoms with E-state index < -0.39 is 0 Å². The second kappa shape index (κ2) is 8.96. The molecule has 0 unspecified atom stereocenters. The van der Waals surface area contributed by atoms with Crippen molar-refractivity contribution in [2.75, 3.05) is 32.6 Å². The van der Waals surface area contributed by atoms with E-state index in [-0.39, 0.29) is 11.8 Å². The molecule has 1 amide bonds. The van der Waals surface area contributed by atoms with E-state index in [0.29, 0.717) is 17.9 Å². The van der Waals surface area contributed by atoms with Crippen LogP contribution in [0.4, 0.5) is 5.69 Å². The molecule has 0 spiro atoms. The lowest BCUT2D eigenvalue weighted by Gasteiger charge is -2.20. The van der Waals surface area contributed by atoms with Gasteiger partial charge in [0.05, 0.1) is 7.11 Å². The van der Waals surface area contributed by atoms with E-state index in [0.717, 1.165) is 16.8 Å². The smallest absolute Gasteiger partial charge is 0.251 e. The normalized spacial score (nSPS) is 11.8. The highest BCUT2D eigenvalue weighted by Crippen LogP contribution is 2.31. The highest BCUT2D eigenvalue weighted by molar-refractivity contribution is 5.94. The van der Waals surface area contributed by atoms with Crippen molar-refractivity contribution in [1.82, 2.24) is 10.3 Å². The summed E-state index contributed by atoms with van der Waals surface area (Å²) in [5, 5.41) is 4.29. The molecule has 0 aliphatic rings. The van der Waals surface area contributed by atoms with Crippen LogP contribution >= 0.6 is 0 Å². The Bertz CT molecular complexity index is 1180. The number of aromatic nitrogens is 1. The summed E-state index contributed by atoms with van der Waals surface area (Å²) < 4.78 is 5.25. The summed E-state index contributed by atoms with van der Waals surface area (Å²) in [6.07, 6.45) is 2.05. The Balaban J connectivity index is 1.64. The first-order valence-corrected chi connectivity index (χ1v) is 10.3. The summed E-state index contributed by atoms with van der Waals surface area (Å²) in [4.78, 5) is 18.3.